The first-order valence-electron chi connectivity index (χ1n) is 7.69. The predicted molar refractivity (Wildman–Crippen MR) is 88.5 cm³/mol. The number of rotatable bonds is 4. The zero-order valence-electron chi connectivity index (χ0n) is 12.6. The van der Waals surface area contributed by atoms with Crippen LogP contribution < -0.4 is 10.9 Å². The highest BCUT2D eigenvalue weighted by atomic mass is 35.5. The number of aliphatic hydroxyl groups excluding tert-OH is 1. The summed E-state index contributed by atoms with van der Waals surface area (Å²) in [7, 11) is 0. The van der Waals surface area contributed by atoms with Gasteiger partial charge in [0.1, 0.15) is 11.0 Å². The minimum atomic E-state index is -0.0524. The van der Waals surface area contributed by atoms with E-state index < -0.39 is 0 Å². The number of halogens is 1. The lowest BCUT2D eigenvalue weighted by Crippen LogP contribution is -2.23. The fourth-order valence-electron chi connectivity index (χ4n) is 3.19. The van der Waals surface area contributed by atoms with Crippen LogP contribution in [0.4, 0.5) is 5.82 Å². The topological polar surface area (TPSA) is 67.2 Å². The Balaban J connectivity index is 2.02. The van der Waals surface area contributed by atoms with Gasteiger partial charge >= 0.3 is 0 Å². The minimum Gasteiger partial charge on any atom is -0.396 e. The minimum absolute atomic E-state index is 0.0524. The van der Waals surface area contributed by atoms with Gasteiger partial charge in [-0.25, -0.2) is 4.98 Å². The van der Waals surface area contributed by atoms with Crippen molar-refractivity contribution in [1.29, 1.82) is 0 Å². The first-order chi connectivity index (χ1) is 10.6. The van der Waals surface area contributed by atoms with Gasteiger partial charge in [0.05, 0.1) is 5.39 Å². The molecule has 3 rings (SSSR count). The van der Waals surface area contributed by atoms with Gasteiger partial charge in [-0.05, 0) is 49.6 Å². The number of aliphatic hydroxyl groups is 1. The Morgan fingerprint density at radius 2 is 2.32 bits per heavy atom. The largest absolute Gasteiger partial charge is 0.396 e. The average molecular weight is 322 g/mol. The number of nitrogens with zero attached hydrogens (tertiary/aromatic N) is 2. The van der Waals surface area contributed by atoms with Gasteiger partial charge in [-0.2, -0.15) is 0 Å². The molecule has 1 aliphatic carbocycles. The normalized spacial score (nSPS) is 21.4. The summed E-state index contributed by atoms with van der Waals surface area (Å²) in [6.45, 7) is 2.77. The molecule has 2 aromatic heterocycles. The summed E-state index contributed by atoms with van der Waals surface area (Å²) < 4.78 is 1.66. The number of hydrogen-bond acceptors (Lipinski definition) is 4. The monoisotopic (exact) mass is 321 g/mol. The molecule has 2 atom stereocenters. The van der Waals surface area contributed by atoms with Crippen LogP contribution in [-0.2, 0) is 6.54 Å². The fraction of sp³-hybridized carbons (Fsp3) is 0.500. The molecule has 0 unspecified atom stereocenters. The Hall–Kier alpha value is -1.59. The number of fused-ring (bicyclic) bond motifs is 1. The second-order valence-corrected chi connectivity index (χ2v) is 6.25. The summed E-state index contributed by atoms with van der Waals surface area (Å²) in [6, 6.07) is 3.83. The molecule has 0 saturated heterocycles. The number of anilines is 1. The van der Waals surface area contributed by atoms with Crippen LogP contribution >= 0.6 is 11.6 Å². The van der Waals surface area contributed by atoms with Crippen LogP contribution in [0.2, 0.25) is 5.15 Å². The van der Waals surface area contributed by atoms with Crippen molar-refractivity contribution in [2.24, 2.45) is 5.92 Å². The molecule has 6 heteroatoms. The van der Waals surface area contributed by atoms with Crippen molar-refractivity contribution in [3.05, 3.63) is 33.8 Å². The van der Waals surface area contributed by atoms with Crippen molar-refractivity contribution in [1.82, 2.24) is 9.55 Å². The van der Waals surface area contributed by atoms with E-state index in [0.717, 1.165) is 24.6 Å². The average Bonchev–Trinajstić information content (AvgIpc) is 2.94. The van der Waals surface area contributed by atoms with Crippen molar-refractivity contribution < 1.29 is 5.11 Å². The van der Waals surface area contributed by atoms with E-state index in [-0.39, 0.29) is 18.2 Å². The van der Waals surface area contributed by atoms with Gasteiger partial charge in [-0.15, -0.1) is 0 Å². The van der Waals surface area contributed by atoms with Crippen LogP contribution in [-0.4, -0.2) is 27.3 Å². The molecule has 0 aliphatic heterocycles. The highest BCUT2D eigenvalue weighted by Gasteiger charge is 2.25. The zero-order valence-corrected chi connectivity index (χ0v) is 13.3. The van der Waals surface area contributed by atoms with Gasteiger partial charge in [-0.3, -0.25) is 4.79 Å². The number of aromatic nitrogens is 2. The van der Waals surface area contributed by atoms with E-state index in [1.165, 1.54) is 0 Å². The Bertz CT molecular complexity index is 744. The second kappa shape index (κ2) is 6.26. The van der Waals surface area contributed by atoms with E-state index in [1.54, 1.807) is 16.8 Å². The molecule has 118 valence electrons. The summed E-state index contributed by atoms with van der Waals surface area (Å²) >= 11 is 6.09. The number of nitrogens with one attached hydrogen (secondary N) is 1. The summed E-state index contributed by atoms with van der Waals surface area (Å²) in [5, 5.41) is 14.4. The van der Waals surface area contributed by atoms with Crippen LogP contribution in [0, 0.1) is 5.92 Å². The van der Waals surface area contributed by atoms with Crippen molar-refractivity contribution in [2.75, 3.05) is 11.9 Å². The van der Waals surface area contributed by atoms with E-state index in [4.69, 9.17) is 11.6 Å². The molecule has 0 radical (unpaired) electrons. The van der Waals surface area contributed by atoms with E-state index in [9.17, 15) is 9.90 Å². The van der Waals surface area contributed by atoms with E-state index >= 15 is 0 Å². The number of hydrogen-bond donors (Lipinski definition) is 2. The fourth-order valence-corrected chi connectivity index (χ4v) is 3.39. The molecule has 1 fully saturated rings. The SMILES string of the molecule is CCn1ccc2cc(Cl)nc(N[C@H]3CC[C@H](CO)C3)c2c1=O. The molecule has 1 aliphatic rings. The Morgan fingerprint density at radius 1 is 1.50 bits per heavy atom. The molecule has 2 heterocycles. The Labute approximate surface area is 133 Å². The van der Waals surface area contributed by atoms with Crippen LogP contribution in [0.1, 0.15) is 26.2 Å². The Kier molecular flexibility index (Phi) is 4.36. The lowest BCUT2D eigenvalue weighted by Gasteiger charge is -2.16. The van der Waals surface area contributed by atoms with Crippen molar-refractivity contribution >= 4 is 28.2 Å². The number of aryl methyl sites for hydroxylation is 1. The van der Waals surface area contributed by atoms with Gasteiger partial charge in [0.15, 0.2) is 0 Å². The second-order valence-electron chi connectivity index (χ2n) is 5.87. The summed E-state index contributed by atoms with van der Waals surface area (Å²) in [5.74, 6) is 0.883. The lowest BCUT2D eigenvalue weighted by molar-refractivity contribution is 0.229. The van der Waals surface area contributed by atoms with E-state index in [1.807, 2.05) is 13.0 Å². The summed E-state index contributed by atoms with van der Waals surface area (Å²) in [4.78, 5) is 16.9. The van der Waals surface area contributed by atoms with Gasteiger partial charge in [0, 0.05) is 25.4 Å². The maximum absolute atomic E-state index is 12.6. The molecular weight excluding hydrogens is 302 g/mol. The molecule has 5 nitrogen and oxygen atoms in total. The van der Waals surface area contributed by atoms with Crippen molar-refractivity contribution in [3.8, 4) is 0 Å². The predicted octanol–water partition coefficient (Wildman–Crippen LogP) is 2.64. The summed E-state index contributed by atoms with van der Waals surface area (Å²) in [6.07, 6.45) is 4.63. The van der Waals surface area contributed by atoms with E-state index in [0.29, 0.717) is 28.8 Å². The highest BCUT2D eigenvalue weighted by Crippen LogP contribution is 2.29. The van der Waals surface area contributed by atoms with Crippen LogP contribution in [0.25, 0.3) is 10.8 Å². The molecule has 2 aromatic rings. The van der Waals surface area contributed by atoms with Crippen molar-refractivity contribution in [3.63, 3.8) is 0 Å². The molecule has 22 heavy (non-hydrogen) atoms. The maximum Gasteiger partial charge on any atom is 0.262 e. The van der Waals surface area contributed by atoms with Gasteiger partial charge in [0.25, 0.3) is 5.56 Å². The third-order valence-corrected chi connectivity index (χ3v) is 4.60. The highest BCUT2D eigenvalue weighted by molar-refractivity contribution is 6.30. The molecule has 0 spiro atoms. The third-order valence-electron chi connectivity index (χ3n) is 4.41. The van der Waals surface area contributed by atoms with Crippen molar-refractivity contribution in [2.45, 2.75) is 38.8 Å². The first-order valence-corrected chi connectivity index (χ1v) is 8.07. The molecule has 2 N–H and O–H groups in total. The molecule has 1 saturated carbocycles. The molecule has 0 bridgehead atoms. The molecular formula is C16H20ClN3O2. The standard InChI is InChI=1S/C16H20ClN3O2/c1-2-20-6-5-11-8-13(17)19-15(14(11)16(20)22)18-12-4-3-10(7-12)9-21/h5-6,8,10,12,21H,2-4,7,9H2,1H3,(H,18,19)/t10-,12-/m0/s1. The zero-order chi connectivity index (χ0) is 15.7. The smallest absolute Gasteiger partial charge is 0.262 e. The quantitative estimate of drug-likeness (QED) is 0.850. The molecule has 0 amide bonds. The summed E-state index contributed by atoms with van der Waals surface area (Å²) in [5.41, 5.74) is -0.0524. The van der Waals surface area contributed by atoms with Crippen LogP contribution in [0.3, 0.4) is 0 Å². The van der Waals surface area contributed by atoms with Gasteiger partial charge in [-0.1, -0.05) is 11.6 Å². The van der Waals surface area contributed by atoms with Gasteiger partial charge in [0.2, 0.25) is 0 Å². The lowest BCUT2D eigenvalue weighted by atomic mass is 10.1. The third kappa shape index (κ3) is 2.83. The van der Waals surface area contributed by atoms with Crippen LogP contribution in [0.15, 0.2) is 23.1 Å². The first kappa shape index (κ1) is 15.3. The van der Waals surface area contributed by atoms with E-state index in [2.05, 4.69) is 10.3 Å². The maximum atomic E-state index is 12.6. The van der Waals surface area contributed by atoms with Gasteiger partial charge < -0.3 is 15.0 Å². The number of pyridine rings is 2. The molecule has 0 aromatic carbocycles. The Morgan fingerprint density at radius 3 is 3.00 bits per heavy atom. The van der Waals surface area contributed by atoms with Crippen LogP contribution in [0.5, 0.6) is 0 Å².